The highest BCUT2D eigenvalue weighted by Gasteiger charge is 2.43. The van der Waals surface area contributed by atoms with Gasteiger partial charge in [-0.05, 0) is 35.7 Å². The minimum atomic E-state index is -4.17. The van der Waals surface area contributed by atoms with E-state index in [0.29, 0.717) is 10.5 Å². The molecule has 1 rings (SSSR count). The third kappa shape index (κ3) is 6.59. The van der Waals surface area contributed by atoms with Crippen molar-refractivity contribution in [3.63, 3.8) is 0 Å². The summed E-state index contributed by atoms with van der Waals surface area (Å²) in [5, 5.41) is 26.5. The minimum Gasteiger partial charge on any atom is -0.465 e. The van der Waals surface area contributed by atoms with Crippen molar-refractivity contribution >= 4 is 46.8 Å². The number of likely N-dealkylation sites (N-methyl/N-ethyl adjacent to an activating group) is 1. The first kappa shape index (κ1) is 24.6. The van der Waals surface area contributed by atoms with E-state index in [9.17, 15) is 28.6 Å². The molecule has 0 bridgehead atoms. The number of nitrogens with one attached hydrogen (secondary N) is 1. The Morgan fingerprint density at radius 1 is 1.29 bits per heavy atom. The topological polar surface area (TPSA) is 110 Å². The molecule has 1 aromatic rings. The van der Waals surface area contributed by atoms with E-state index in [1.165, 1.54) is 18.2 Å². The van der Waals surface area contributed by atoms with E-state index < -0.39 is 42.1 Å². The van der Waals surface area contributed by atoms with Gasteiger partial charge in [-0.2, -0.15) is 8.78 Å². The number of alkyl halides is 3. The molecule has 0 aliphatic rings. The Labute approximate surface area is 174 Å². The van der Waals surface area contributed by atoms with Crippen molar-refractivity contribution in [2.24, 2.45) is 0 Å². The lowest BCUT2D eigenvalue weighted by Gasteiger charge is -2.39. The second-order valence-electron chi connectivity index (χ2n) is 6.27. The Hall–Kier alpha value is -1.39. The van der Waals surface area contributed by atoms with Crippen molar-refractivity contribution in [2.45, 2.75) is 23.3 Å². The van der Waals surface area contributed by atoms with E-state index in [0.717, 1.165) is 7.05 Å². The van der Waals surface area contributed by atoms with Crippen LogP contribution in [0.25, 0.3) is 0 Å². The van der Waals surface area contributed by atoms with Gasteiger partial charge in [0.25, 0.3) is 0 Å². The quantitative estimate of drug-likeness (QED) is 0.421. The van der Waals surface area contributed by atoms with Crippen LogP contribution in [0.1, 0.15) is 12.0 Å². The first-order chi connectivity index (χ1) is 12.8. The molecule has 0 saturated heterocycles. The molecule has 1 aromatic carbocycles. The number of halogens is 5. The summed E-state index contributed by atoms with van der Waals surface area (Å²) in [4.78, 5) is 23.5. The Balaban J connectivity index is 3.46. The SMILES string of the molecule is CN(CC(CNC(=O)O)(CC(O)CO)c1ccc(Cl)c(Cl)c1)C(=O)C(F)(F)Cl. The van der Waals surface area contributed by atoms with Crippen LogP contribution in [-0.2, 0) is 10.2 Å². The van der Waals surface area contributed by atoms with Gasteiger partial charge in [0, 0.05) is 25.6 Å². The van der Waals surface area contributed by atoms with Crippen molar-refractivity contribution in [1.82, 2.24) is 10.2 Å². The molecular weight excluding hydrogens is 445 g/mol. The predicted octanol–water partition coefficient (Wildman–Crippen LogP) is 2.53. The summed E-state index contributed by atoms with van der Waals surface area (Å²) in [6.45, 7) is -1.54. The van der Waals surface area contributed by atoms with Gasteiger partial charge in [-0.1, -0.05) is 29.3 Å². The number of carbonyl (C=O) groups is 2. The van der Waals surface area contributed by atoms with Gasteiger partial charge < -0.3 is 25.5 Å². The van der Waals surface area contributed by atoms with Crippen LogP contribution in [0.4, 0.5) is 13.6 Å². The molecular formula is C16H19Cl3F2N2O5. The average molecular weight is 464 g/mol. The standard InChI is InChI=1S/C16H19Cl3F2N2O5/c1-23(13(26)16(19,20)21)8-15(5-10(25)6-24,7-22-14(27)28)9-2-3-11(17)12(18)4-9/h2-4,10,22,24-25H,5-8H2,1H3,(H,27,28). The number of benzene rings is 1. The molecule has 0 aliphatic carbocycles. The molecule has 0 radical (unpaired) electrons. The predicted molar refractivity (Wildman–Crippen MR) is 100 cm³/mol. The zero-order valence-corrected chi connectivity index (χ0v) is 16.9. The van der Waals surface area contributed by atoms with Crippen molar-refractivity contribution in [2.75, 3.05) is 26.7 Å². The lowest BCUT2D eigenvalue weighted by atomic mass is 9.75. The van der Waals surface area contributed by atoms with Crippen molar-refractivity contribution in [1.29, 1.82) is 0 Å². The van der Waals surface area contributed by atoms with E-state index in [2.05, 4.69) is 5.32 Å². The number of hydrogen-bond donors (Lipinski definition) is 4. The summed E-state index contributed by atoms with van der Waals surface area (Å²) in [6, 6.07) is 4.23. The van der Waals surface area contributed by atoms with Crippen molar-refractivity contribution in [3.8, 4) is 0 Å². The maximum Gasteiger partial charge on any atom is 0.404 e. The molecule has 0 saturated carbocycles. The second kappa shape index (κ2) is 9.89. The van der Waals surface area contributed by atoms with Gasteiger partial charge in [0.2, 0.25) is 0 Å². The molecule has 0 aromatic heterocycles. The van der Waals surface area contributed by atoms with Gasteiger partial charge in [-0.3, -0.25) is 4.79 Å². The van der Waals surface area contributed by atoms with Crippen LogP contribution in [0.2, 0.25) is 10.0 Å². The van der Waals surface area contributed by atoms with Gasteiger partial charge in [-0.25, -0.2) is 4.79 Å². The molecule has 12 heteroatoms. The summed E-state index contributed by atoms with van der Waals surface area (Å²) in [5.41, 5.74) is -1.12. The van der Waals surface area contributed by atoms with Crippen LogP contribution >= 0.6 is 34.8 Å². The van der Waals surface area contributed by atoms with Crippen molar-refractivity contribution < 1.29 is 33.7 Å². The second-order valence-corrected chi connectivity index (χ2v) is 7.56. The number of rotatable bonds is 9. The van der Waals surface area contributed by atoms with Gasteiger partial charge >= 0.3 is 17.4 Å². The molecule has 2 atom stereocenters. The van der Waals surface area contributed by atoms with Crippen LogP contribution in [0, 0.1) is 0 Å². The fraction of sp³-hybridized carbons (Fsp3) is 0.500. The Kier molecular flexibility index (Phi) is 8.70. The highest BCUT2D eigenvalue weighted by atomic mass is 35.5. The molecule has 7 nitrogen and oxygen atoms in total. The van der Waals surface area contributed by atoms with Crippen molar-refractivity contribution in [3.05, 3.63) is 33.8 Å². The number of carbonyl (C=O) groups excluding carboxylic acids is 1. The van der Waals surface area contributed by atoms with Crippen LogP contribution in [0.5, 0.6) is 0 Å². The van der Waals surface area contributed by atoms with Gasteiger partial charge in [-0.15, -0.1) is 0 Å². The van der Waals surface area contributed by atoms with Crippen LogP contribution in [0.3, 0.4) is 0 Å². The molecule has 2 amide bonds. The van der Waals surface area contributed by atoms with Crippen LogP contribution in [0.15, 0.2) is 18.2 Å². The van der Waals surface area contributed by atoms with E-state index in [4.69, 9.17) is 39.9 Å². The zero-order valence-electron chi connectivity index (χ0n) is 14.6. The average Bonchev–Trinajstić information content (AvgIpc) is 2.60. The molecule has 28 heavy (non-hydrogen) atoms. The Morgan fingerprint density at radius 2 is 1.89 bits per heavy atom. The maximum atomic E-state index is 13.2. The lowest BCUT2D eigenvalue weighted by molar-refractivity contribution is -0.146. The third-order valence-corrected chi connectivity index (χ3v) is 4.98. The fourth-order valence-corrected chi connectivity index (χ4v) is 3.27. The summed E-state index contributed by atoms with van der Waals surface area (Å²) in [7, 11) is 1.05. The van der Waals surface area contributed by atoms with Crippen LogP contribution in [-0.4, -0.2) is 70.4 Å². The molecule has 0 fully saturated rings. The maximum absolute atomic E-state index is 13.2. The molecule has 0 spiro atoms. The summed E-state index contributed by atoms with van der Waals surface area (Å²) >= 11 is 16.7. The Morgan fingerprint density at radius 3 is 2.36 bits per heavy atom. The first-order valence-corrected chi connectivity index (χ1v) is 8.99. The Bertz CT molecular complexity index is 720. The van der Waals surface area contributed by atoms with E-state index in [1.807, 2.05) is 0 Å². The zero-order chi connectivity index (χ0) is 21.7. The lowest BCUT2D eigenvalue weighted by Crippen LogP contribution is -2.52. The molecule has 158 valence electrons. The van der Waals surface area contributed by atoms with E-state index >= 15 is 0 Å². The largest absolute Gasteiger partial charge is 0.465 e. The summed E-state index contributed by atoms with van der Waals surface area (Å²) in [6.07, 6.45) is -3.04. The number of hydrogen-bond acceptors (Lipinski definition) is 4. The summed E-state index contributed by atoms with van der Waals surface area (Å²) < 4.78 is 26.5. The third-order valence-electron chi connectivity index (χ3n) is 4.08. The number of amides is 2. The van der Waals surface area contributed by atoms with Gasteiger partial charge in [0.15, 0.2) is 0 Å². The summed E-state index contributed by atoms with van der Waals surface area (Å²) in [5.74, 6) is -1.72. The molecule has 4 N–H and O–H groups in total. The van der Waals surface area contributed by atoms with Gasteiger partial charge in [0.05, 0.1) is 22.8 Å². The fourth-order valence-electron chi connectivity index (χ4n) is 2.83. The molecule has 2 unspecified atom stereocenters. The smallest absolute Gasteiger partial charge is 0.404 e. The number of nitrogens with zero attached hydrogens (tertiary/aromatic N) is 1. The first-order valence-electron chi connectivity index (χ1n) is 7.86. The van der Waals surface area contributed by atoms with Gasteiger partial charge in [0.1, 0.15) is 0 Å². The van der Waals surface area contributed by atoms with E-state index in [1.54, 1.807) is 0 Å². The highest BCUT2D eigenvalue weighted by Crippen LogP contribution is 2.35. The number of aliphatic hydroxyl groups excluding tert-OH is 2. The highest BCUT2D eigenvalue weighted by molar-refractivity contribution is 6.42. The number of carboxylic acid groups (broad SMARTS) is 1. The van der Waals surface area contributed by atoms with Crippen LogP contribution < -0.4 is 5.32 Å². The minimum absolute atomic E-state index is 0.0917. The molecule has 0 heterocycles. The normalized spacial score (nSPS) is 14.9. The van der Waals surface area contributed by atoms with E-state index in [-0.39, 0.29) is 23.0 Å². The monoisotopic (exact) mass is 462 g/mol. The number of aliphatic hydroxyl groups is 2. The molecule has 0 aliphatic heterocycles.